The molecule has 0 aliphatic heterocycles. The summed E-state index contributed by atoms with van der Waals surface area (Å²) in [7, 11) is 1.57. The Morgan fingerprint density at radius 2 is 1.71 bits per heavy atom. The lowest BCUT2D eigenvalue weighted by atomic mass is 10.1. The fourth-order valence-electron chi connectivity index (χ4n) is 2.66. The van der Waals surface area contributed by atoms with E-state index in [9.17, 15) is 9.59 Å². The molecule has 0 aliphatic rings. The topological polar surface area (TPSA) is 67.4 Å². The summed E-state index contributed by atoms with van der Waals surface area (Å²) in [5, 5.41) is 7.44. The van der Waals surface area contributed by atoms with Gasteiger partial charge in [-0.15, -0.1) is 0 Å². The summed E-state index contributed by atoms with van der Waals surface area (Å²) in [6.07, 6.45) is 0. The summed E-state index contributed by atoms with van der Waals surface area (Å²) < 4.78 is 5.54. The normalized spacial score (nSPS) is 9.89. The highest BCUT2D eigenvalue weighted by Crippen LogP contribution is 2.20. The molecule has 0 heterocycles. The fraction of sp³-hybridized carbons (Fsp3) is 0.130. The second kappa shape index (κ2) is 9.24. The lowest BCUT2D eigenvalue weighted by Crippen LogP contribution is -2.29. The van der Waals surface area contributed by atoms with Crippen molar-refractivity contribution in [3.05, 3.63) is 77.9 Å². The van der Waals surface area contributed by atoms with Crippen molar-refractivity contribution >= 4 is 22.6 Å². The molecule has 0 aliphatic carbocycles. The Morgan fingerprint density at radius 1 is 0.964 bits per heavy atom. The minimum atomic E-state index is -0.262. The van der Waals surface area contributed by atoms with E-state index in [1.54, 1.807) is 25.2 Å². The maximum Gasteiger partial charge on any atom is 0.258 e. The number of hydrogen-bond donors (Lipinski definition) is 2. The van der Waals surface area contributed by atoms with Gasteiger partial charge in [-0.1, -0.05) is 54.3 Å². The molecular formula is C23H20N2O3. The number of amides is 2. The molecule has 0 unspecified atom stereocenters. The van der Waals surface area contributed by atoms with Crippen LogP contribution in [0.25, 0.3) is 10.8 Å². The number of fused-ring (bicyclic) bond motifs is 1. The van der Waals surface area contributed by atoms with Crippen LogP contribution in [0.4, 0.5) is 0 Å². The number of hydrogen-bond acceptors (Lipinski definition) is 3. The molecule has 5 heteroatoms. The fourth-order valence-corrected chi connectivity index (χ4v) is 2.66. The number of carbonyl (C=O) groups is 2. The first kappa shape index (κ1) is 19.0. The predicted molar refractivity (Wildman–Crippen MR) is 109 cm³/mol. The van der Waals surface area contributed by atoms with E-state index in [-0.39, 0.29) is 25.0 Å². The van der Waals surface area contributed by atoms with Crippen LogP contribution >= 0.6 is 0 Å². The van der Waals surface area contributed by atoms with Gasteiger partial charge in [-0.25, -0.2) is 0 Å². The van der Waals surface area contributed by atoms with E-state index in [4.69, 9.17) is 4.74 Å². The average Bonchev–Trinajstić information content (AvgIpc) is 2.75. The zero-order valence-corrected chi connectivity index (χ0v) is 15.5. The minimum Gasteiger partial charge on any atom is -0.484 e. The van der Waals surface area contributed by atoms with Crippen LogP contribution in [0.15, 0.2) is 66.7 Å². The number of carbonyl (C=O) groups excluding carboxylic acids is 2. The van der Waals surface area contributed by atoms with Crippen molar-refractivity contribution in [3.8, 4) is 17.6 Å². The van der Waals surface area contributed by atoms with Crippen LogP contribution in [-0.4, -0.2) is 32.0 Å². The number of ether oxygens (including phenoxy) is 1. The SMILES string of the molecule is CNC(=O)c1ccccc1C#CCNC(=O)COc1ccc2ccccc2c1. The summed E-state index contributed by atoms with van der Waals surface area (Å²) in [4.78, 5) is 23.8. The maximum atomic E-state index is 11.9. The average molecular weight is 372 g/mol. The van der Waals surface area contributed by atoms with Crippen molar-refractivity contribution in [3.63, 3.8) is 0 Å². The molecule has 0 fully saturated rings. The van der Waals surface area contributed by atoms with Gasteiger partial charge < -0.3 is 15.4 Å². The second-order valence-corrected chi connectivity index (χ2v) is 6.00. The highest BCUT2D eigenvalue weighted by Gasteiger charge is 2.06. The van der Waals surface area contributed by atoms with Gasteiger partial charge in [0.15, 0.2) is 6.61 Å². The maximum absolute atomic E-state index is 11.9. The third-order valence-corrected chi connectivity index (χ3v) is 4.09. The lowest BCUT2D eigenvalue weighted by Gasteiger charge is -2.07. The number of nitrogens with one attached hydrogen (secondary N) is 2. The monoisotopic (exact) mass is 372 g/mol. The minimum absolute atomic E-state index is 0.0884. The zero-order valence-electron chi connectivity index (χ0n) is 15.5. The standard InChI is InChI=1S/C23H20N2O3/c1-24-23(27)21-11-5-4-8-18(21)10-6-14-25-22(26)16-28-20-13-12-17-7-2-3-9-19(17)15-20/h2-5,7-9,11-13,15H,14,16H2,1H3,(H,24,27)(H,25,26). The molecule has 0 saturated carbocycles. The highest BCUT2D eigenvalue weighted by molar-refractivity contribution is 5.96. The third-order valence-electron chi connectivity index (χ3n) is 4.09. The Balaban J connectivity index is 1.51. The molecule has 0 aromatic heterocycles. The van der Waals surface area contributed by atoms with Crippen molar-refractivity contribution in [2.75, 3.05) is 20.2 Å². The van der Waals surface area contributed by atoms with Gasteiger partial charge >= 0.3 is 0 Å². The summed E-state index contributed by atoms with van der Waals surface area (Å²) >= 11 is 0. The molecule has 5 nitrogen and oxygen atoms in total. The molecular weight excluding hydrogens is 352 g/mol. The molecule has 0 saturated heterocycles. The summed E-state index contributed by atoms with van der Waals surface area (Å²) in [5.41, 5.74) is 1.12. The predicted octanol–water partition coefficient (Wildman–Crippen LogP) is 2.75. The van der Waals surface area contributed by atoms with E-state index in [1.165, 1.54) is 0 Å². The molecule has 0 radical (unpaired) electrons. The molecule has 3 aromatic carbocycles. The van der Waals surface area contributed by atoms with E-state index >= 15 is 0 Å². The van der Waals surface area contributed by atoms with E-state index in [2.05, 4.69) is 22.5 Å². The first-order valence-corrected chi connectivity index (χ1v) is 8.85. The first-order valence-electron chi connectivity index (χ1n) is 8.85. The Labute approximate surface area is 163 Å². The molecule has 3 rings (SSSR count). The molecule has 0 atom stereocenters. The van der Waals surface area contributed by atoms with Gasteiger partial charge in [-0.05, 0) is 35.0 Å². The molecule has 2 amide bonds. The van der Waals surface area contributed by atoms with Gasteiger partial charge in [-0.2, -0.15) is 0 Å². The second-order valence-electron chi connectivity index (χ2n) is 6.00. The molecule has 0 spiro atoms. The molecule has 0 bridgehead atoms. The quantitative estimate of drug-likeness (QED) is 0.677. The molecule has 2 N–H and O–H groups in total. The van der Waals surface area contributed by atoms with Gasteiger partial charge in [0, 0.05) is 12.6 Å². The summed E-state index contributed by atoms with van der Waals surface area (Å²) in [6, 6.07) is 20.7. The van der Waals surface area contributed by atoms with Crippen molar-refractivity contribution < 1.29 is 14.3 Å². The number of rotatable bonds is 5. The van der Waals surface area contributed by atoms with Gasteiger partial charge in [-0.3, -0.25) is 9.59 Å². The zero-order chi connectivity index (χ0) is 19.8. The highest BCUT2D eigenvalue weighted by atomic mass is 16.5. The van der Waals surface area contributed by atoms with Crippen LogP contribution in [0.2, 0.25) is 0 Å². The van der Waals surface area contributed by atoms with Gasteiger partial charge in [0.05, 0.1) is 12.1 Å². The Bertz CT molecular complexity index is 1060. The van der Waals surface area contributed by atoms with E-state index in [0.717, 1.165) is 10.8 Å². The van der Waals surface area contributed by atoms with E-state index in [1.807, 2.05) is 48.5 Å². The molecule has 3 aromatic rings. The van der Waals surface area contributed by atoms with Crippen molar-refractivity contribution in [2.45, 2.75) is 0 Å². The molecule has 140 valence electrons. The Kier molecular flexibility index (Phi) is 6.27. The van der Waals surface area contributed by atoms with Crippen molar-refractivity contribution in [1.29, 1.82) is 0 Å². The van der Waals surface area contributed by atoms with Gasteiger partial charge in [0.1, 0.15) is 5.75 Å². The van der Waals surface area contributed by atoms with Crippen LogP contribution < -0.4 is 15.4 Å². The smallest absolute Gasteiger partial charge is 0.258 e. The summed E-state index contributed by atoms with van der Waals surface area (Å²) in [6.45, 7) is 0.0802. The lowest BCUT2D eigenvalue weighted by molar-refractivity contribution is -0.122. The van der Waals surface area contributed by atoms with Crippen LogP contribution in [0.5, 0.6) is 5.75 Å². The van der Waals surface area contributed by atoms with Gasteiger partial charge in [0.2, 0.25) is 0 Å². The van der Waals surface area contributed by atoms with Crippen molar-refractivity contribution in [2.24, 2.45) is 0 Å². The Morgan fingerprint density at radius 3 is 2.54 bits per heavy atom. The van der Waals surface area contributed by atoms with Crippen molar-refractivity contribution in [1.82, 2.24) is 10.6 Å². The van der Waals surface area contributed by atoms with E-state index < -0.39 is 0 Å². The van der Waals surface area contributed by atoms with Crippen LogP contribution in [0, 0.1) is 11.8 Å². The Hall–Kier alpha value is -3.78. The van der Waals surface area contributed by atoms with Gasteiger partial charge in [0.25, 0.3) is 11.8 Å². The van der Waals surface area contributed by atoms with Crippen LogP contribution in [0.1, 0.15) is 15.9 Å². The largest absolute Gasteiger partial charge is 0.484 e. The van der Waals surface area contributed by atoms with Crippen LogP contribution in [-0.2, 0) is 4.79 Å². The first-order chi connectivity index (χ1) is 13.7. The van der Waals surface area contributed by atoms with Crippen LogP contribution in [0.3, 0.4) is 0 Å². The number of benzene rings is 3. The third kappa shape index (κ3) is 4.89. The van der Waals surface area contributed by atoms with E-state index in [0.29, 0.717) is 16.9 Å². The summed E-state index contributed by atoms with van der Waals surface area (Å²) in [5.74, 6) is 5.95. The molecule has 28 heavy (non-hydrogen) atoms.